The molecule has 0 saturated carbocycles. The summed E-state index contributed by atoms with van der Waals surface area (Å²) in [5.41, 5.74) is 1.19. The van der Waals surface area contributed by atoms with Gasteiger partial charge in [0.25, 0.3) is 0 Å². The van der Waals surface area contributed by atoms with Crippen molar-refractivity contribution in [2.75, 3.05) is 20.1 Å². The smallest absolute Gasteiger partial charge is 0.191 e. The van der Waals surface area contributed by atoms with Crippen molar-refractivity contribution in [3.05, 3.63) is 18.0 Å². The van der Waals surface area contributed by atoms with Gasteiger partial charge in [-0.05, 0) is 18.4 Å². The second-order valence-electron chi connectivity index (χ2n) is 4.84. The van der Waals surface area contributed by atoms with Crippen LogP contribution in [0.4, 0.5) is 0 Å². The minimum atomic E-state index is 0.715. The molecule has 0 aliphatic carbocycles. The van der Waals surface area contributed by atoms with Gasteiger partial charge in [0.2, 0.25) is 0 Å². The summed E-state index contributed by atoms with van der Waals surface area (Å²) in [4.78, 5) is 4.23. The van der Waals surface area contributed by atoms with Crippen molar-refractivity contribution < 1.29 is 0 Å². The third-order valence-electron chi connectivity index (χ3n) is 3.33. The van der Waals surface area contributed by atoms with E-state index in [9.17, 15) is 0 Å². The molecule has 0 unspecified atom stereocenters. The predicted molar refractivity (Wildman–Crippen MR) is 80.4 cm³/mol. The van der Waals surface area contributed by atoms with Crippen LogP contribution in [0.25, 0.3) is 0 Å². The van der Waals surface area contributed by atoms with Crippen molar-refractivity contribution in [1.29, 1.82) is 0 Å². The molecule has 0 fully saturated rings. The van der Waals surface area contributed by atoms with Crippen LogP contribution in [0, 0.1) is 12.8 Å². The van der Waals surface area contributed by atoms with Crippen LogP contribution in [0.2, 0.25) is 0 Å². The highest BCUT2D eigenvalue weighted by molar-refractivity contribution is 5.79. The van der Waals surface area contributed by atoms with E-state index < -0.39 is 0 Å². The van der Waals surface area contributed by atoms with E-state index in [0.29, 0.717) is 5.92 Å². The maximum atomic E-state index is 4.26. The van der Waals surface area contributed by atoms with E-state index in [4.69, 9.17) is 0 Å². The van der Waals surface area contributed by atoms with Gasteiger partial charge in [-0.2, -0.15) is 5.10 Å². The molecule has 5 heteroatoms. The van der Waals surface area contributed by atoms with Gasteiger partial charge in [0.15, 0.2) is 5.96 Å². The average molecular weight is 265 g/mol. The summed E-state index contributed by atoms with van der Waals surface area (Å²) in [6.45, 7) is 9.15. The maximum absolute atomic E-state index is 4.26. The van der Waals surface area contributed by atoms with E-state index in [1.165, 1.54) is 18.4 Å². The number of aliphatic imine (C=N–C) groups is 1. The first-order valence-electron chi connectivity index (χ1n) is 7.13. The van der Waals surface area contributed by atoms with Crippen LogP contribution in [0.5, 0.6) is 0 Å². The molecule has 1 aromatic heterocycles. The van der Waals surface area contributed by atoms with Crippen LogP contribution in [0.1, 0.15) is 32.3 Å². The minimum absolute atomic E-state index is 0.715. The molecule has 0 aromatic carbocycles. The summed E-state index contributed by atoms with van der Waals surface area (Å²) in [6, 6.07) is 0. The molecule has 0 spiro atoms. The summed E-state index contributed by atoms with van der Waals surface area (Å²) in [5, 5.41) is 10.9. The summed E-state index contributed by atoms with van der Waals surface area (Å²) in [5.74, 6) is 1.59. The van der Waals surface area contributed by atoms with Crippen LogP contribution < -0.4 is 10.6 Å². The fraction of sp³-hybridized carbons (Fsp3) is 0.714. The zero-order valence-electron chi connectivity index (χ0n) is 12.6. The molecule has 0 aliphatic heterocycles. The van der Waals surface area contributed by atoms with E-state index in [1.807, 2.05) is 24.0 Å². The molecule has 5 nitrogen and oxygen atoms in total. The average Bonchev–Trinajstić information content (AvgIpc) is 2.83. The first kappa shape index (κ1) is 15.5. The second kappa shape index (κ2) is 8.56. The Kier molecular flexibility index (Phi) is 7.00. The van der Waals surface area contributed by atoms with Gasteiger partial charge in [-0.1, -0.05) is 26.7 Å². The molecule has 0 saturated heterocycles. The van der Waals surface area contributed by atoms with Gasteiger partial charge >= 0.3 is 0 Å². The van der Waals surface area contributed by atoms with Gasteiger partial charge in [0.1, 0.15) is 0 Å². The van der Waals surface area contributed by atoms with Gasteiger partial charge in [0, 0.05) is 26.3 Å². The number of nitrogens with zero attached hydrogens (tertiary/aromatic N) is 3. The molecule has 1 heterocycles. The predicted octanol–water partition coefficient (Wildman–Crippen LogP) is 1.79. The second-order valence-corrected chi connectivity index (χ2v) is 4.84. The highest BCUT2D eigenvalue weighted by Gasteiger charge is 2.04. The van der Waals surface area contributed by atoms with E-state index in [2.05, 4.69) is 34.6 Å². The fourth-order valence-corrected chi connectivity index (χ4v) is 1.92. The third-order valence-corrected chi connectivity index (χ3v) is 3.33. The van der Waals surface area contributed by atoms with Crippen molar-refractivity contribution in [2.45, 2.75) is 40.2 Å². The Bertz CT molecular complexity index is 379. The number of aromatic nitrogens is 2. The highest BCUT2D eigenvalue weighted by Crippen LogP contribution is 2.04. The van der Waals surface area contributed by atoms with Crippen LogP contribution in [-0.2, 0) is 6.54 Å². The van der Waals surface area contributed by atoms with Crippen LogP contribution in [-0.4, -0.2) is 35.9 Å². The molecule has 0 aliphatic rings. The van der Waals surface area contributed by atoms with Crippen molar-refractivity contribution >= 4 is 5.96 Å². The normalized spacial score (nSPS) is 11.9. The molecule has 0 atom stereocenters. The van der Waals surface area contributed by atoms with Crippen LogP contribution >= 0.6 is 0 Å². The fourth-order valence-electron chi connectivity index (χ4n) is 1.92. The molecule has 0 radical (unpaired) electrons. The molecule has 1 aromatic rings. The maximum Gasteiger partial charge on any atom is 0.191 e. The van der Waals surface area contributed by atoms with Gasteiger partial charge < -0.3 is 10.6 Å². The van der Waals surface area contributed by atoms with E-state index in [1.54, 1.807) is 7.05 Å². The van der Waals surface area contributed by atoms with Gasteiger partial charge in [0.05, 0.1) is 12.7 Å². The number of aryl methyl sites for hydroxylation is 1. The molecular formula is C14H27N5. The Morgan fingerprint density at radius 2 is 2.11 bits per heavy atom. The molecule has 0 amide bonds. The summed E-state index contributed by atoms with van der Waals surface area (Å²) >= 11 is 0. The van der Waals surface area contributed by atoms with E-state index in [0.717, 1.165) is 25.6 Å². The van der Waals surface area contributed by atoms with Gasteiger partial charge in [-0.25, -0.2) is 0 Å². The number of hydrogen-bond donors (Lipinski definition) is 2. The SMILES string of the molecule is CCC(CC)CNC(=NC)NCCn1cc(C)cn1. The Morgan fingerprint density at radius 3 is 2.63 bits per heavy atom. The lowest BCUT2D eigenvalue weighted by Crippen LogP contribution is -2.40. The number of nitrogens with one attached hydrogen (secondary N) is 2. The summed E-state index contributed by atoms with van der Waals surface area (Å²) < 4.78 is 1.94. The highest BCUT2D eigenvalue weighted by atomic mass is 15.3. The Labute approximate surface area is 116 Å². The zero-order chi connectivity index (χ0) is 14.1. The Balaban J connectivity index is 2.25. The van der Waals surface area contributed by atoms with Gasteiger partial charge in [-0.3, -0.25) is 9.67 Å². The molecule has 0 bridgehead atoms. The standard InChI is InChI=1S/C14H27N5/c1-5-13(6-2)10-17-14(15-4)16-7-8-19-11-12(3)9-18-19/h9,11,13H,5-8,10H2,1-4H3,(H2,15,16,17). The van der Waals surface area contributed by atoms with Crippen LogP contribution in [0.3, 0.4) is 0 Å². The van der Waals surface area contributed by atoms with Gasteiger partial charge in [-0.15, -0.1) is 0 Å². The Morgan fingerprint density at radius 1 is 1.37 bits per heavy atom. The van der Waals surface area contributed by atoms with Crippen molar-refractivity contribution in [2.24, 2.45) is 10.9 Å². The third kappa shape index (κ3) is 5.77. The monoisotopic (exact) mass is 265 g/mol. The largest absolute Gasteiger partial charge is 0.356 e. The zero-order valence-corrected chi connectivity index (χ0v) is 12.6. The molecule has 19 heavy (non-hydrogen) atoms. The lowest BCUT2D eigenvalue weighted by Gasteiger charge is -2.16. The summed E-state index contributed by atoms with van der Waals surface area (Å²) in [6.07, 6.45) is 6.32. The lowest BCUT2D eigenvalue weighted by molar-refractivity contribution is 0.480. The topological polar surface area (TPSA) is 54.2 Å². The van der Waals surface area contributed by atoms with Crippen LogP contribution in [0.15, 0.2) is 17.4 Å². The van der Waals surface area contributed by atoms with E-state index in [-0.39, 0.29) is 0 Å². The number of guanidine groups is 1. The first-order valence-corrected chi connectivity index (χ1v) is 7.13. The summed E-state index contributed by atoms with van der Waals surface area (Å²) in [7, 11) is 1.81. The lowest BCUT2D eigenvalue weighted by atomic mass is 10.0. The molecule has 1 rings (SSSR count). The van der Waals surface area contributed by atoms with Crippen molar-refractivity contribution in [3.8, 4) is 0 Å². The molecular weight excluding hydrogens is 238 g/mol. The van der Waals surface area contributed by atoms with Crippen molar-refractivity contribution in [3.63, 3.8) is 0 Å². The van der Waals surface area contributed by atoms with E-state index >= 15 is 0 Å². The molecule has 2 N–H and O–H groups in total. The number of hydrogen-bond acceptors (Lipinski definition) is 2. The quantitative estimate of drug-likeness (QED) is 0.584. The number of rotatable bonds is 7. The van der Waals surface area contributed by atoms with Crippen molar-refractivity contribution in [1.82, 2.24) is 20.4 Å². The Hall–Kier alpha value is -1.52. The first-order chi connectivity index (χ1) is 9.19. The minimum Gasteiger partial charge on any atom is -0.356 e. The molecule has 108 valence electrons.